The summed E-state index contributed by atoms with van der Waals surface area (Å²) >= 11 is 0. The Hall–Kier alpha value is -2.83. The molecule has 122 valence electrons. The summed E-state index contributed by atoms with van der Waals surface area (Å²) in [7, 11) is 0. The van der Waals surface area contributed by atoms with E-state index < -0.39 is 11.8 Å². The fourth-order valence-electron chi connectivity index (χ4n) is 1.87. The van der Waals surface area contributed by atoms with Gasteiger partial charge in [0.1, 0.15) is 17.4 Å². The molecule has 0 spiro atoms. The zero-order valence-corrected chi connectivity index (χ0v) is 12.8. The van der Waals surface area contributed by atoms with E-state index >= 15 is 0 Å². The summed E-state index contributed by atoms with van der Waals surface area (Å²) in [5.74, 6) is 0.231. The van der Waals surface area contributed by atoms with Crippen LogP contribution in [0.2, 0.25) is 0 Å². The summed E-state index contributed by atoms with van der Waals surface area (Å²) in [6.07, 6.45) is 2.36. The van der Waals surface area contributed by atoms with E-state index in [1.165, 1.54) is 18.2 Å². The molecular weight excluding hydrogens is 299 g/mol. The molecule has 2 aromatic rings. The Morgan fingerprint density at radius 2 is 2.22 bits per heavy atom. The van der Waals surface area contributed by atoms with E-state index in [2.05, 4.69) is 15.6 Å². The van der Waals surface area contributed by atoms with Crippen molar-refractivity contribution in [3.63, 3.8) is 0 Å². The second kappa shape index (κ2) is 7.98. The Labute approximate surface area is 133 Å². The van der Waals surface area contributed by atoms with Gasteiger partial charge in [0, 0.05) is 24.4 Å². The van der Waals surface area contributed by atoms with E-state index in [-0.39, 0.29) is 6.54 Å². The third kappa shape index (κ3) is 4.84. The van der Waals surface area contributed by atoms with Crippen LogP contribution >= 0.6 is 0 Å². The summed E-state index contributed by atoms with van der Waals surface area (Å²) in [6.45, 7) is 2.61. The highest BCUT2D eigenvalue weighted by atomic mass is 19.1. The van der Waals surface area contributed by atoms with Crippen LogP contribution < -0.4 is 21.1 Å². The van der Waals surface area contributed by atoms with Crippen LogP contribution in [0, 0.1) is 5.82 Å². The minimum Gasteiger partial charge on any atom is -0.491 e. The number of ether oxygens (including phenoxy) is 1. The number of pyridine rings is 1. The van der Waals surface area contributed by atoms with Crippen LogP contribution in [0.1, 0.15) is 18.9 Å². The zero-order chi connectivity index (χ0) is 16.7. The van der Waals surface area contributed by atoms with Crippen LogP contribution in [0.3, 0.4) is 0 Å². The number of urea groups is 1. The average molecular weight is 318 g/mol. The number of carbonyl (C=O) groups is 1. The molecule has 2 rings (SSSR count). The van der Waals surface area contributed by atoms with Gasteiger partial charge in [-0.3, -0.25) is 0 Å². The molecule has 0 saturated heterocycles. The molecule has 1 heterocycles. The molecule has 1 aromatic heterocycles. The van der Waals surface area contributed by atoms with Crippen LogP contribution in [0.4, 0.5) is 20.7 Å². The van der Waals surface area contributed by atoms with E-state index in [0.717, 1.165) is 6.42 Å². The molecule has 1 aromatic carbocycles. The van der Waals surface area contributed by atoms with E-state index in [9.17, 15) is 9.18 Å². The first-order chi connectivity index (χ1) is 11.1. The number of amides is 2. The fraction of sp³-hybridized carbons (Fsp3) is 0.250. The Morgan fingerprint density at radius 1 is 1.39 bits per heavy atom. The van der Waals surface area contributed by atoms with Gasteiger partial charge in [0.05, 0.1) is 12.3 Å². The Morgan fingerprint density at radius 3 is 2.96 bits per heavy atom. The summed E-state index contributed by atoms with van der Waals surface area (Å²) < 4.78 is 18.7. The highest BCUT2D eigenvalue weighted by molar-refractivity contribution is 5.90. The van der Waals surface area contributed by atoms with Crippen LogP contribution in [0.15, 0.2) is 36.5 Å². The molecule has 6 nitrogen and oxygen atoms in total. The SMILES string of the molecule is CCCOc1cc(F)ccc1NC(=O)NCc1cccnc1N. The van der Waals surface area contributed by atoms with Gasteiger partial charge in [-0.15, -0.1) is 0 Å². The van der Waals surface area contributed by atoms with Crippen LogP contribution in [-0.4, -0.2) is 17.6 Å². The van der Waals surface area contributed by atoms with E-state index in [0.29, 0.717) is 29.4 Å². The number of nitrogen functional groups attached to an aromatic ring is 1. The van der Waals surface area contributed by atoms with Crippen LogP contribution in [0.25, 0.3) is 0 Å². The van der Waals surface area contributed by atoms with Crippen molar-refractivity contribution < 1.29 is 13.9 Å². The number of anilines is 2. The number of halogens is 1. The second-order valence-electron chi connectivity index (χ2n) is 4.84. The standard InChI is InChI=1S/C16H19FN4O2/c1-2-8-23-14-9-12(17)5-6-13(14)21-16(22)20-10-11-4-3-7-19-15(11)18/h3-7,9H,2,8,10H2,1H3,(H2,18,19)(H2,20,21,22). The molecular formula is C16H19FN4O2. The van der Waals surface area contributed by atoms with E-state index in [1.807, 2.05) is 6.92 Å². The maximum absolute atomic E-state index is 13.3. The van der Waals surface area contributed by atoms with Gasteiger partial charge in [0.15, 0.2) is 0 Å². The lowest BCUT2D eigenvalue weighted by atomic mass is 10.2. The lowest BCUT2D eigenvalue weighted by Gasteiger charge is -2.13. The van der Waals surface area contributed by atoms with E-state index in [4.69, 9.17) is 10.5 Å². The van der Waals surface area contributed by atoms with Crippen molar-refractivity contribution in [2.75, 3.05) is 17.7 Å². The largest absolute Gasteiger partial charge is 0.491 e. The van der Waals surface area contributed by atoms with Crippen molar-refractivity contribution in [3.8, 4) is 5.75 Å². The van der Waals surface area contributed by atoms with Gasteiger partial charge in [-0.1, -0.05) is 13.0 Å². The molecule has 0 atom stereocenters. The van der Waals surface area contributed by atoms with Gasteiger partial charge in [-0.25, -0.2) is 14.2 Å². The van der Waals surface area contributed by atoms with Crippen molar-refractivity contribution in [3.05, 3.63) is 47.9 Å². The van der Waals surface area contributed by atoms with Crippen LogP contribution in [-0.2, 0) is 6.54 Å². The van der Waals surface area contributed by atoms with Crippen molar-refractivity contribution in [2.24, 2.45) is 0 Å². The highest BCUT2D eigenvalue weighted by Gasteiger charge is 2.09. The molecule has 0 saturated carbocycles. The molecule has 0 aliphatic heterocycles. The maximum Gasteiger partial charge on any atom is 0.319 e. The van der Waals surface area contributed by atoms with Gasteiger partial charge in [-0.2, -0.15) is 0 Å². The first kappa shape index (κ1) is 16.5. The van der Waals surface area contributed by atoms with Crippen molar-refractivity contribution >= 4 is 17.5 Å². The normalized spacial score (nSPS) is 10.2. The van der Waals surface area contributed by atoms with Crippen molar-refractivity contribution in [1.82, 2.24) is 10.3 Å². The van der Waals surface area contributed by atoms with Gasteiger partial charge >= 0.3 is 6.03 Å². The molecule has 23 heavy (non-hydrogen) atoms. The third-order valence-corrected chi connectivity index (χ3v) is 3.02. The first-order valence-electron chi connectivity index (χ1n) is 7.26. The number of aromatic nitrogens is 1. The number of nitrogens with one attached hydrogen (secondary N) is 2. The molecule has 0 fully saturated rings. The monoisotopic (exact) mass is 318 g/mol. The molecule has 7 heteroatoms. The Bertz CT molecular complexity index is 679. The predicted molar refractivity (Wildman–Crippen MR) is 86.7 cm³/mol. The number of benzene rings is 1. The summed E-state index contributed by atoms with van der Waals surface area (Å²) in [5.41, 5.74) is 6.82. The first-order valence-corrected chi connectivity index (χ1v) is 7.26. The number of rotatable bonds is 6. The molecule has 0 unspecified atom stereocenters. The van der Waals surface area contributed by atoms with Crippen molar-refractivity contribution in [1.29, 1.82) is 0 Å². The molecule has 4 N–H and O–H groups in total. The Kier molecular flexibility index (Phi) is 5.74. The molecule has 0 bridgehead atoms. The molecule has 2 amide bonds. The van der Waals surface area contributed by atoms with E-state index in [1.54, 1.807) is 18.3 Å². The molecule has 0 aliphatic rings. The van der Waals surface area contributed by atoms with Gasteiger partial charge in [0.2, 0.25) is 0 Å². The number of hydrogen-bond donors (Lipinski definition) is 3. The summed E-state index contributed by atoms with van der Waals surface area (Å²) in [4.78, 5) is 15.9. The highest BCUT2D eigenvalue weighted by Crippen LogP contribution is 2.25. The smallest absolute Gasteiger partial charge is 0.319 e. The van der Waals surface area contributed by atoms with Crippen molar-refractivity contribution in [2.45, 2.75) is 19.9 Å². The minimum absolute atomic E-state index is 0.234. The predicted octanol–water partition coefficient (Wildman–Crippen LogP) is 2.91. The average Bonchev–Trinajstić information content (AvgIpc) is 2.54. The zero-order valence-electron chi connectivity index (χ0n) is 12.8. The van der Waals surface area contributed by atoms with Gasteiger partial charge in [-0.05, 0) is 24.6 Å². The minimum atomic E-state index is -0.443. The summed E-state index contributed by atoms with van der Waals surface area (Å²) in [5, 5.41) is 5.30. The number of carbonyl (C=O) groups excluding carboxylic acids is 1. The molecule has 0 radical (unpaired) electrons. The Balaban J connectivity index is 1.98. The third-order valence-electron chi connectivity index (χ3n) is 3.02. The number of nitrogens with zero attached hydrogens (tertiary/aromatic N) is 1. The lowest BCUT2D eigenvalue weighted by molar-refractivity contribution is 0.251. The quantitative estimate of drug-likeness (QED) is 0.764. The van der Waals surface area contributed by atoms with Gasteiger partial charge < -0.3 is 21.1 Å². The van der Waals surface area contributed by atoms with Crippen LogP contribution in [0.5, 0.6) is 5.75 Å². The number of hydrogen-bond acceptors (Lipinski definition) is 4. The molecule has 0 aliphatic carbocycles. The lowest BCUT2D eigenvalue weighted by Crippen LogP contribution is -2.28. The fourth-order valence-corrected chi connectivity index (χ4v) is 1.87. The second-order valence-corrected chi connectivity index (χ2v) is 4.84. The number of nitrogens with two attached hydrogens (primary N) is 1. The van der Waals surface area contributed by atoms with Gasteiger partial charge in [0.25, 0.3) is 0 Å². The topological polar surface area (TPSA) is 89.3 Å². The maximum atomic E-state index is 13.3. The summed E-state index contributed by atoms with van der Waals surface area (Å²) in [6, 6.07) is 7.02.